The summed E-state index contributed by atoms with van der Waals surface area (Å²) in [4.78, 5) is 26.7. The number of amides is 3. The monoisotopic (exact) mass is 419 g/mol. The number of methoxy groups -OCH3 is 1. The minimum atomic E-state index is -0.727. The molecule has 1 aliphatic rings. The van der Waals surface area contributed by atoms with Gasteiger partial charge in [-0.05, 0) is 30.5 Å². The Bertz CT molecular complexity index is 888. The standard InChI is InChI=1S/C20H26FN5O4/c1-30-8-6-22-19(28)15-11-24-25-18(15)14-3-2-7-26(12-14)20(29)23-10-13-4-5-17(27)16(21)9-13/h4-5,9,11,14,27H,2-3,6-8,10,12H2,1H3,(H,22,28)(H,23,29)(H,24,25)/t14-/m0/s1. The van der Waals surface area contributed by atoms with Gasteiger partial charge < -0.3 is 25.4 Å². The van der Waals surface area contributed by atoms with Crippen LogP contribution in [0.4, 0.5) is 9.18 Å². The first kappa shape index (κ1) is 21.6. The third-order valence-electron chi connectivity index (χ3n) is 5.08. The van der Waals surface area contributed by atoms with E-state index in [1.165, 1.54) is 18.3 Å². The average molecular weight is 419 g/mol. The van der Waals surface area contributed by atoms with Crippen LogP contribution in [0.25, 0.3) is 0 Å². The predicted octanol–water partition coefficient (Wildman–Crippen LogP) is 1.72. The summed E-state index contributed by atoms with van der Waals surface area (Å²) in [6.07, 6.45) is 3.11. The van der Waals surface area contributed by atoms with E-state index < -0.39 is 11.6 Å². The highest BCUT2D eigenvalue weighted by atomic mass is 19.1. The zero-order chi connectivity index (χ0) is 21.5. The molecule has 0 unspecified atom stereocenters. The van der Waals surface area contributed by atoms with Gasteiger partial charge in [0.25, 0.3) is 5.91 Å². The van der Waals surface area contributed by atoms with Gasteiger partial charge in [-0.1, -0.05) is 6.07 Å². The summed E-state index contributed by atoms with van der Waals surface area (Å²) in [6, 6.07) is 3.73. The van der Waals surface area contributed by atoms with E-state index in [4.69, 9.17) is 4.74 Å². The molecule has 10 heteroatoms. The van der Waals surface area contributed by atoms with Crippen molar-refractivity contribution < 1.29 is 23.8 Å². The number of urea groups is 1. The predicted molar refractivity (Wildman–Crippen MR) is 107 cm³/mol. The minimum Gasteiger partial charge on any atom is -0.505 e. The topological polar surface area (TPSA) is 120 Å². The molecule has 1 aromatic heterocycles. The fraction of sp³-hybridized carbons (Fsp3) is 0.450. The Balaban J connectivity index is 1.58. The summed E-state index contributed by atoms with van der Waals surface area (Å²) < 4.78 is 18.4. The Hall–Kier alpha value is -3.14. The number of hydrogen-bond acceptors (Lipinski definition) is 5. The summed E-state index contributed by atoms with van der Waals surface area (Å²) in [7, 11) is 1.56. The normalized spacial score (nSPS) is 16.3. The lowest BCUT2D eigenvalue weighted by molar-refractivity contribution is 0.0935. The van der Waals surface area contributed by atoms with E-state index in [-0.39, 0.29) is 24.4 Å². The molecule has 0 saturated carbocycles. The Kier molecular flexibility index (Phi) is 7.23. The number of carbonyl (C=O) groups excluding carboxylic acids is 2. The van der Waals surface area contributed by atoms with Gasteiger partial charge in [0.2, 0.25) is 0 Å². The summed E-state index contributed by atoms with van der Waals surface area (Å²) in [6.45, 7) is 2.00. The lowest BCUT2D eigenvalue weighted by atomic mass is 9.92. The van der Waals surface area contributed by atoms with Gasteiger partial charge >= 0.3 is 6.03 Å². The molecule has 1 fully saturated rings. The van der Waals surface area contributed by atoms with Crippen molar-refractivity contribution in [2.45, 2.75) is 25.3 Å². The van der Waals surface area contributed by atoms with Gasteiger partial charge in [-0.3, -0.25) is 9.89 Å². The van der Waals surface area contributed by atoms with Gasteiger partial charge in [0.05, 0.1) is 24.1 Å². The molecule has 3 rings (SSSR count). The molecule has 162 valence electrons. The number of benzene rings is 1. The number of aromatic hydroxyl groups is 1. The number of H-pyrrole nitrogens is 1. The molecule has 1 aliphatic heterocycles. The number of aromatic amines is 1. The number of rotatable bonds is 7. The zero-order valence-electron chi connectivity index (χ0n) is 16.8. The lowest BCUT2D eigenvalue weighted by Gasteiger charge is -2.32. The maximum Gasteiger partial charge on any atom is 0.317 e. The molecule has 4 N–H and O–H groups in total. The third-order valence-corrected chi connectivity index (χ3v) is 5.08. The van der Waals surface area contributed by atoms with Crippen LogP contribution >= 0.6 is 0 Å². The molecule has 1 saturated heterocycles. The number of piperidine rings is 1. The maximum absolute atomic E-state index is 13.4. The second-order valence-electron chi connectivity index (χ2n) is 7.18. The largest absolute Gasteiger partial charge is 0.505 e. The molecule has 30 heavy (non-hydrogen) atoms. The van der Waals surface area contributed by atoms with E-state index in [0.717, 1.165) is 12.8 Å². The second kappa shape index (κ2) is 10.1. The van der Waals surface area contributed by atoms with Crippen LogP contribution in [0, 0.1) is 5.82 Å². The van der Waals surface area contributed by atoms with E-state index in [1.807, 2.05) is 0 Å². The minimum absolute atomic E-state index is 0.0405. The van der Waals surface area contributed by atoms with Gasteiger partial charge in [0, 0.05) is 39.2 Å². The van der Waals surface area contributed by atoms with Crippen LogP contribution in [0.3, 0.4) is 0 Å². The maximum atomic E-state index is 13.4. The summed E-state index contributed by atoms with van der Waals surface area (Å²) in [5, 5.41) is 21.7. The highest BCUT2D eigenvalue weighted by molar-refractivity contribution is 5.95. The average Bonchev–Trinajstić information content (AvgIpc) is 3.24. The van der Waals surface area contributed by atoms with Crippen molar-refractivity contribution in [1.82, 2.24) is 25.7 Å². The van der Waals surface area contributed by atoms with E-state index in [1.54, 1.807) is 18.1 Å². The van der Waals surface area contributed by atoms with E-state index in [2.05, 4.69) is 20.8 Å². The number of halogens is 1. The van der Waals surface area contributed by atoms with Crippen molar-refractivity contribution in [3.05, 3.63) is 47.0 Å². The first-order valence-corrected chi connectivity index (χ1v) is 9.80. The molecule has 0 spiro atoms. The Labute approximate surface area is 173 Å². The fourth-order valence-electron chi connectivity index (χ4n) is 3.50. The van der Waals surface area contributed by atoms with Crippen LogP contribution in [-0.4, -0.2) is 65.5 Å². The molecule has 0 aliphatic carbocycles. The molecular weight excluding hydrogens is 393 g/mol. The Morgan fingerprint density at radius 1 is 1.40 bits per heavy atom. The van der Waals surface area contributed by atoms with Crippen LogP contribution in [0.2, 0.25) is 0 Å². The van der Waals surface area contributed by atoms with E-state index in [0.29, 0.717) is 43.1 Å². The van der Waals surface area contributed by atoms with Crippen molar-refractivity contribution in [2.24, 2.45) is 0 Å². The van der Waals surface area contributed by atoms with Crippen LogP contribution in [0.5, 0.6) is 5.75 Å². The summed E-state index contributed by atoms with van der Waals surface area (Å²) in [5.41, 5.74) is 1.73. The van der Waals surface area contributed by atoms with Gasteiger partial charge in [-0.25, -0.2) is 9.18 Å². The number of hydrogen-bond donors (Lipinski definition) is 4. The quantitative estimate of drug-likeness (QED) is 0.510. The summed E-state index contributed by atoms with van der Waals surface area (Å²) in [5.74, 6) is -1.42. The smallest absolute Gasteiger partial charge is 0.317 e. The lowest BCUT2D eigenvalue weighted by Crippen LogP contribution is -2.45. The molecule has 0 radical (unpaired) electrons. The van der Waals surface area contributed by atoms with E-state index >= 15 is 0 Å². The highest BCUT2D eigenvalue weighted by Crippen LogP contribution is 2.28. The number of nitrogens with one attached hydrogen (secondary N) is 3. The Morgan fingerprint density at radius 3 is 3.00 bits per heavy atom. The van der Waals surface area contributed by atoms with E-state index in [9.17, 15) is 19.1 Å². The zero-order valence-corrected chi connectivity index (χ0v) is 16.8. The van der Waals surface area contributed by atoms with Gasteiger partial charge in [-0.2, -0.15) is 5.10 Å². The van der Waals surface area contributed by atoms with Crippen LogP contribution in [0.15, 0.2) is 24.4 Å². The molecular formula is C20H26FN5O4. The number of ether oxygens (including phenoxy) is 1. The van der Waals surface area contributed by atoms with Crippen molar-refractivity contribution in [2.75, 3.05) is 33.4 Å². The molecule has 3 amide bonds. The van der Waals surface area contributed by atoms with Crippen molar-refractivity contribution in [1.29, 1.82) is 0 Å². The van der Waals surface area contributed by atoms with Crippen LogP contribution in [-0.2, 0) is 11.3 Å². The fourth-order valence-corrected chi connectivity index (χ4v) is 3.50. The highest BCUT2D eigenvalue weighted by Gasteiger charge is 2.29. The van der Waals surface area contributed by atoms with Gasteiger partial charge in [0.15, 0.2) is 11.6 Å². The second-order valence-corrected chi connectivity index (χ2v) is 7.18. The SMILES string of the molecule is COCCNC(=O)c1cn[nH]c1[C@H]1CCCN(C(=O)NCc2ccc(O)c(F)c2)C1. The molecule has 2 aromatic rings. The first-order valence-electron chi connectivity index (χ1n) is 9.80. The van der Waals surface area contributed by atoms with Gasteiger partial charge in [-0.15, -0.1) is 0 Å². The first-order chi connectivity index (χ1) is 14.5. The number of nitrogens with zero attached hydrogens (tertiary/aromatic N) is 2. The number of carbonyl (C=O) groups is 2. The van der Waals surface area contributed by atoms with Crippen molar-refractivity contribution in [3.8, 4) is 5.75 Å². The van der Waals surface area contributed by atoms with Crippen molar-refractivity contribution >= 4 is 11.9 Å². The summed E-state index contributed by atoms with van der Waals surface area (Å²) >= 11 is 0. The number of aromatic nitrogens is 2. The van der Waals surface area contributed by atoms with Gasteiger partial charge in [0.1, 0.15) is 0 Å². The number of likely N-dealkylation sites (tertiary alicyclic amines) is 1. The molecule has 2 heterocycles. The Morgan fingerprint density at radius 2 is 2.23 bits per heavy atom. The van der Waals surface area contributed by atoms with Crippen LogP contribution in [0.1, 0.15) is 40.4 Å². The molecule has 1 atom stereocenters. The molecule has 9 nitrogen and oxygen atoms in total. The third kappa shape index (κ3) is 5.26. The van der Waals surface area contributed by atoms with Crippen LogP contribution < -0.4 is 10.6 Å². The number of phenolic OH excluding ortho intramolecular Hbond substituents is 1. The molecule has 0 bridgehead atoms. The molecule has 1 aromatic carbocycles. The van der Waals surface area contributed by atoms with Crippen molar-refractivity contribution in [3.63, 3.8) is 0 Å². The number of phenols is 1.